The first-order valence-electron chi connectivity index (χ1n) is 5.16. The Hall–Kier alpha value is -1.14. The van der Waals surface area contributed by atoms with Crippen LogP contribution in [0, 0.1) is 10.1 Å². The quantitative estimate of drug-likeness (QED) is 0.358. The molecule has 0 aliphatic heterocycles. The van der Waals surface area contributed by atoms with Crippen LogP contribution in [-0.4, -0.2) is 17.5 Å². The summed E-state index contributed by atoms with van der Waals surface area (Å²) in [6, 6.07) is 2.83. The van der Waals surface area contributed by atoms with Crippen molar-refractivity contribution in [3.05, 3.63) is 38.4 Å². The molecule has 0 atom stereocenters. The van der Waals surface area contributed by atoms with E-state index in [1.54, 1.807) is 13.0 Å². The van der Waals surface area contributed by atoms with E-state index in [-0.39, 0.29) is 23.7 Å². The van der Waals surface area contributed by atoms with Gasteiger partial charge in [-0.25, -0.2) is 0 Å². The topological polar surface area (TPSA) is 69.4 Å². The lowest BCUT2D eigenvalue weighted by Gasteiger charge is -2.08. The highest BCUT2D eigenvalue weighted by Crippen LogP contribution is 2.29. The number of rotatable bonds is 5. The van der Waals surface area contributed by atoms with Crippen LogP contribution >= 0.6 is 27.5 Å². The lowest BCUT2D eigenvalue weighted by atomic mass is 10.0. The fourth-order valence-corrected chi connectivity index (χ4v) is 2.26. The Balaban J connectivity index is 3.21. The molecule has 0 aliphatic carbocycles. The molecule has 0 aromatic heterocycles. The predicted molar refractivity (Wildman–Crippen MR) is 71.1 cm³/mol. The van der Waals surface area contributed by atoms with Gasteiger partial charge in [-0.3, -0.25) is 14.9 Å². The highest BCUT2D eigenvalue weighted by Gasteiger charge is 2.21. The third-order valence-corrected chi connectivity index (χ3v) is 3.07. The van der Waals surface area contributed by atoms with Gasteiger partial charge < -0.3 is 4.74 Å². The molecule has 5 nitrogen and oxygen atoms in total. The fraction of sp³-hybridized carbons (Fsp3) is 0.364. The number of halogens is 2. The molecule has 0 amide bonds. The predicted octanol–water partition coefficient (Wildman–Crippen LogP) is 3.25. The van der Waals surface area contributed by atoms with Gasteiger partial charge in [0.05, 0.1) is 18.0 Å². The van der Waals surface area contributed by atoms with Crippen LogP contribution in [0.25, 0.3) is 0 Å². The van der Waals surface area contributed by atoms with Crippen molar-refractivity contribution in [2.24, 2.45) is 0 Å². The Kier molecular flexibility index (Phi) is 5.55. The molecule has 1 aromatic rings. The van der Waals surface area contributed by atoms with Gasteiger partial charge in [-0.2, -0.15) is 0 Å². The molecule has 1 rings (SSSR count). The Morgan fingerprint density at radius 2 is 2.22 bits per heavy atom. The van der Waals surface area contributed by atoms with E-state index in [0.717, 1.165) is 0 Å². The molecule has 0 radical (unpaired) electrons. The molecule has 0 spiro atoms. The number of nitro groups is 1. The number of carbonyl (C=O) groups excluding carboxylic acids is 1. The summed E-state index contributed by atoms with van der Waals surface area (Å²) < 4.78 is 4.80. The summed E-state index contributed by atoms with van der Waals surface area (Å²) in [4.78, 5) is 21.9. The molecule has 18 heavy (non-hydrogen) atoms. The van der Waals surface area contributed by atoms with E-state index in [9.17, 15) is 14.9 Å². The number of esters is 1. The number of hydrogen-bond donors (Lipinski definition) is 0. The van der Waals surface area contributed by atoms with Crippen LogP contribution in [0.15, 0.2) is 12.1 Å². The highest BCUT2D eigenvalue weighted by atomic mass is 79.9. The maximum Gasteiger partial charge on any atom is 0.310 e. The smallest absolute Gasteiger partial charge is 0.310 e. The molecule has 0 N–H and O–H groups in total. The summed E-state index contributed by atoms with van der Waals surface area (Å²) in [7, 11) is 0. The molecule has 0 unspecified atom stereocenters. The molecule has 0 saturated heterocycles. The Morgan fingerprint density at radius 3 is 2.72 bits per heavy atom. The number of carbonyl (C=O) groups is 1. The van der Waals surface area contributed by atoms with Crippen LogP contribution in [0.1, 0.15) is 18.1 Å². The zero-order valence-electron chi connectivity index (χ0n) is 9.61. The van der Waals surface area contributed by atoms with Gasteiger partial charge in [0.2, 0.25) is 0 Å². The van der Waals surface area contributed by atoms with Crippen molar-refractivity contribution in [1.29, 1.82) is 0 Å². The monoisotopic (exact) mass is 335 g/mol. The van der Waals surface area contributed by atoms with Crippen molar-refractivity contribution >= 4 is 39.2 Å². The normalized spacial score (nSPS) is 10.2. The van der Waals surface area contributed by atoms with E-state index < -0.39 is 10.9 Å². The van der Waals surface area contributed by atoms with Crippen LogP contribution in [-0.2, 0) is 21.3 Å². The van der Waals surface area contributed by atoms with Crippen LogP contribution in [0.4, 0.5) is 5.69 Å². The van der Waals surface area contributed by atoms with E-state index >= 15 is 0 Å². The zero-order chi connectivity index (χ0) is 13.7. The molecule has 0 bridgehead atoms. The molecule has 0 aliphatic rings. The summed E-state index contributed by atoms with van der Waals surface area (Å²) >= 11 is 9.02. The zero-order valence-corrected chi connectivity index (χ0v) is 12.0. The van der Waals surface area contributed by atoms with E-state index in [4.69, 9.17) is 16.3 Å². The van der Waals surface area contributed by atoms with Gasteiger partial charge >= 0.3 is 5.97 Å². The Labute approximate surface area is 117 Å². The lowest BCUT2D eigenvalue weighted by Crippen LogP contribution is -2.11. The average molecular weight is 337 g/mol. The van der Waals surface area contributed by atoms with Crippen molar-refractivity contribution in [2.45, 2.75) is 18.7 Å². The molecule has 98 valence electrons. The summed E-state index contributed by atoms with van der Waals surface area (Å²) in [6.45, 7) is 1.92. The Bertz CT molecular complexity index is 478. The highest BCUT2D eigenvalue weighted by molar-refractivity contribution is 9.08. The van der Waals surface area contributed by atoms with Crippen molar-refractivity contribution < 1.29 is 14.5 Å². The first-order valence-corrected chi connectivity index (χ1v) is 6.66. The van der Waals surface area contributed by atoms with E-state index in [1.807, 2.05) is 0 Å². The second-order valence-electron chi connectivity index (χ2n) is 3.44. The largest absolute Gasteiger partial charge is 0.466 e. The van der Waals surface area contributed by atoms with Gasteiger partial charge in [-0.1, -0.05) is 27.5 Å². The lowest BCUT2D eigenvalue weighted by molar-refractivity contribution is -0.385. The molecule has 0 heterocycles. The van der Waals surface area contributed by atoms with Gasteiger partial charge in [0.25, 0.3) is 5.69 Å². The molecule has 0 fully saturated rings. The van der Waals surface area contributed by atoms with Gasteiger partial charge in [0, 0.05) is 22.0 Å². The summed E-state index contributed by atoms with van der Waals surface area (Å²) in [5.41, 5.74) is 0.784. The van der Waals surface area contributed by atoms with Crippen LogP contribution in [0.2, 0.25) is 5.02 Å². The van der Waals surface area contributed by atoms with E-state index in [1.165, 1.54) is 6.07 Å². The van der Waals surface area contributed by atoms with E-state index in [0.29, 0.717) is 16.5 Å². The van der Waals surface area contributed by atoms with Gasteiger partial charge in [0.15, 0.2) is 0 Å². The number of alkyl halides is 1. The van der Waals surface area contributed by atoms with Gasteiger partial charge in [-0.05, 0) is 18.6 Å². The number of ether oxygens (including phenoxy) is 1. The van der Waals surface area contributed by atoms with Crippen molar-refractivity contribution in [3.63, 3.8) is 0 Å². The third-order valence-electron chi connectivity index (χ3n) is 2.25. The first kappa shape index (κ1) is 14.9. The summed E-state index contributed by atoms with van der Waals surface area (Å²) in [5.74, 6) is -0.495. The summed E-state index contributed by atoms with van der Waals surface area (Å²) in [5, 5.41) is 11.6. The number of nitro benzene ring substituents is 1. The maximum absolute atomic E-state index is 11.4. The molecule has 7 heteroatoms. The van der Waals surface area contributed by atoms with Gasteiger partial charge in [-0.15, -0.1) is 0 Å². The Morgan fingerprint density at radius 1 is 1.56 bits per heavy atom. The van der Waals surface area contributed by atoms with Crippen LogP contribution in [0.5, 0.6) is 0 Å². The first-order chi connectivity index (χ1) is 8.49. The minimum Gasteiger partial charge on any atom is -0.466 e. The minimum absolute atomic E-state index is 0.137. The number of benzene rings is 1. The second-order valence-corrected chi connectivity index (χ2v) is 4.43. The molecular formula is C11H11BrClNO4. The number of nitrogens with zero attached hydrogens (tertiary/aromatic N) is 1. The van der Waals surface area contributed by atoms with E-state index in [2.05, 4.69) is 15.9 Å². The second kappa shape index (κ2) is 6.70. The van der Waals surface area contributed by atoms with Crippen LogP contribution < -0.4 is 0 Å². The van der Waals surface area contributed by atoms with Crippen molar-refractivity contribution in [2.75, 3.05) is 6.61 Å². The molecular weight excluding hydrogens is 325 g/mol. The fourth-order valence-electron chi connectivity index (χ4n) is 1.52. The third kappa shape index (κ3) is 3.68. The minimum atomic E-state index is -0.549. The SMILES string of the molecule is CCOC(=O)Cc1c(CBr)cc(Cl)cc1[N+](=O)[O-]. The number of hydrogen-bond acceptors (Lipinski definition) is 4. The average Bonchev–Trinajstić information content (AvgIpc) is 2.30. The van der Waals surface area contributed by atoms with Crippen molar-refractivity contribution in [3.8, 4) is 0 Å². The summed E-state index contributed by atoms with van der Waals surface area (Å²) in [6.07, 6.45) is -0.137. The molecule has 1 aromatic carbocycles. The van der Waals surface area contributed by atoms with Crippen LogP contribution in [0.3, 0.4) is 0 Å². The molecule has 0 saturated carbocycles. The maximum atomic E-state index is 11.4. The van der Waals surface area contributed by atoms with Crippen molar-refractivity contribution in [1.82, 2.24) is 0 Å². The van der Waals surface area contributed by atoms with Gasteiger partial charge in [0.1, 0.15) is 0 Å². The standard InChI is InChI=1S/C11H11BrClNO4/c1-2-18-11(15)5-9-7(6-12)3-8(13)4-10(9)14(16)17/h3-4H,2,5-6H2,1H3.